The molecule has 3 aliphatic rings. The molecule has 0 radical (unpaired) electrons. The molecule has 1 fully saturated rings. The van der Waals surface area contributed by atoms with Crippen LogP contribution in [0, 0.1) is 5.41 Å². The summed E-state index contributed by atoms with van der Waals surface area (Å²) in [6.07, 6.45) is 1.08. The van der Waals surface area contributed by atoms with Gasteiger partial charge in [0, 0.05) is 18.7 Å². The zero-order valence-corrected chi connectivity index (χ0v) is 21.9. The summed E-state index contributed by atoms with van der Waals surface area (Å²) in [6.45, 7) is 4.21. The SMILES string of the molecule is COc1ccc(C2=NN(C3CCN(C(=O)CN4C(=O)c5ccccc5C4=O)CC3)C(=O)C2(C)C)cc1OC. The fraction of sp³-hybridized carbons (Fsp3) is 0.393. The van der Waals surface area contributed by atoms with Crippen LogP contribution in [-0.2, 0) is 9.59 Å². The summed E-state index contributed by atoms with van der Waals surface area (Å²) in [5.74, 6) is -0.140. The number of carbonyl (C=O) groups is 4. The van der Waals surface area contributed by atoms with Crippen LogP contribution in [0.25, 0.3) is 0 Å². The Bertz CT molecular complexity index is 1320. The van der Waals surface area contributed by atoms with E-state index in [1.54, 1.807) is 54.5 Å². The molecule has 38 heavy (non-hydrogen) atoms. The van der Waals surface area contributed by atoms with Crippen LogP contribution in [0.3, 0.4) is 0 Å². The molecule has 3 aliphatic heterocycles. The van der Waals surface area contributed by atoms with Crippen molar-refractivity contribution in [2.45, 2.75) is 32.7 Å². The Balaban J connectivity index is 1.26. The van der Waals surface area contributed by atoms with E-state index >= 15 is 0 Å². The molecule has 0 N–H and O–H groups in total. The summed E-state index contributed by atoms with van der Waals surface area (Å²) < 4.78 is 10.8. The first kappa shape index (κ1) is 25.4. The van der Waals surface area contributed by atoms with Crippen molar-refractivity contribution in [2.24, 2.45) is 10.5 Å². The van der Waals surface area contributed by atoms with Gasteiger partial charge in [0.1, 0.15) is 6.54 Å². The van der Waals surface area contributed by atoms with E-state index in [1.807, 2.05) is 26.0 Å². The second kappa shape index (κ2) is 9.59. The van der Waals surface area contributed by atoms with Crippen molar-refractivity contribution in [3.05, 3.63) is 59.2 Å². The maximum absolute atomic E-state index is 13.4. The first-order chi connectivity index (χ1) is 18.2. The predicted octanol–water partition coefficient (Wildman–Crippen LogP) is 2.56. The lowest BCUT2D eigenvalue weighted by Gasteiger charge is -2.36. The van der Waals surface area contributed by atoms with E-state index in [4.69, 9.17) is 14.6 Å². The standard InChI is InChI=1S/C28H30N4O6/c1-28(2)24(17-9-10-21(37-3)22(15-17)38-4)29-32(27(28)36)18-11-13-30(14-12-18)23(33)16-31-25(34)19-7-5-6-8-20(19)26(31)35/h5-10,15,18H,11-14,16H2,1-4H3. The van der Waals surface area contributed by atoms with Gasteiger partial charge < -0.3 is 14.4 Å². The van der Waals surface area contributed by atoms with Gasteiger partial charge in [0.2, 0.25) is 5.91 Å². The number of nitrogens with zero attached hydrogens (tertiary/aromatic N) is 4. The number of methoxy groups -OCH3 is 2. The minimum Gasteiger partial charge on any atom is -0.493 e. The molecule has 0 aromatic heterocycles. The molecule has 0 unspecified atom stereocenters. The van der Waals surface area contributed by atoms with Crippen molar-refractivity contribution < 1.29 is 28.7 Å². The maximum atomic E-state index is 13.4. The van der Waals surface area contributed by atoms with Crippen molar-refractivity contribution in [3.8, 4) is 11.5 Å². The average molecular weight is 519 g/mol. The monoisotopic (exact) mass is 518 g/mol. The highest BCUT2D eigenvalue weighted by Crippen LogP contribution is 2.37. The molecule has 10 nitrogen and oxygen atoms in total. The highest BCUT2D eigenvalue weighted by molar-refractivity contribution is 6.22. The van der Waals surface area contributed by atoms with Crippen LogP contribution in [0.2, 0.25) is 0 Å². The Labute approximate surface area is 220 Å². The van der Waals surface area contributed by atoms with Crippen LogP contribution >= 0.6 is 0 Å². The number of imide groups is 1. The zero-order chi connectivity index (χ0) is 27.2. The maximum Gasteiger partial charge on any atom is 0.262 e. The summed E-state index contributed by atoms with van der Waals surface area (Å²) in [5, 5.41) is 6.30. The van der Waals surface area contributed by atoms with Gasteiger partial charge in [-0.1, -0.05) is 12.1 Å². The van der Waals surface area contributed by atoms with Crippen LogP contribution in [0.5, 0.6) is 11.5 Å². The van der Waals surface area contributed by atoms with E-state index in [1.165, 1.54) is 0 Å². The van der Waals surface area contributed by atoms with Crippen LogP contribution in [0.4, 0.5) is 0 Å². The number of carbonyl (C=O) groups excluding carboxylic acids is 4. The highest BCUT2D eigenvalue weighted by Gasteiger charge is 2.47. The van der Waals surface area contributed by atoms with Crippen molar-refractivity contribution in [2.75, 3.05) is 33.9 Å². The molecule has 1 saturated heterocycles. The third-order valence-corrected chi connectivity index (χ3v) is 7.53. The van der Waals surface area contributed by atoms with E-state index in [9.17, 15) is 19.2 Å². The van der Waals surface area contributed by atoms with E-state index in [0.29, 0.717) is 54.3 Å². The van der Waals surface area contributed by atoms with Crippen molar-refractivity contribution >= 4 is 29.3 Å². The van der Waals surface area contributed by atoms with E-state index < -0.39 is 17.2 Å². The number of piperidine rings is 1. The molecule has 0 saturated carbocycles. The molecule has 0 aliphatic carbocycles. The Morgan fingerprint density at radius 2 is 1.55 bits per heavy atom. The topological polar surface area (TPSA) is 109 Å². The van der Waals surface area contributed by atoms with Crippen LogP contribution < -0.4 is 9.47 Å². The van der Waals surface area contributed by atoms with Crippen LogP contribution in [0.15, 0.2) is 47.6 Å². The summed E-state index contributed by atoms with van der Waals surface area (Å²) in [7, 11) is 3.13. The molecular weight excluding hydrogens is 488 g/mol. The third kappa shape index (κ3) is 4.09. The Morgan fingerprint density at radius 3 is 2.13 bits per heavy atom. The number of likely N-dealkylation sites (tertiary alicyclic amines) is 1. The molecule has 0 atom stereocenters. The normalized spacial score (nSPS) is 19.1. The molecule has 0 bridgehead atoms. The lowest BCUT2D eigenvalue weighted by Crippen LogP contribution is -2.50. The van der Waals surface area contributed by atoms with E-state index in [-0.39, 0.29) is 24.4 Å². The minimum atomic E-state index is -0.835. The lowest BCUT2D eigenvalue weighted by molar-refractivity contribution is -0.139. The summed E-state index contributed by atoms with van der Waals surface area (Å²) in [4.78, 5) is 54.3. The van der Waals surface area contributed by atoms with E-state index in [2.05, 4.69) is 0 Å². The molecule has 5 rings (SSSR count). The first-order valence-corrected chi connectivity index (χ1v) is 12.6. The minimum absolute atomic E-state index is 0.0990. The van der Waals surface area contributed by atoms with Gasteiger partial charge >= 0.3 is 0 Å². The van der Waals surface area contributed by atoms with Crippen LogP contribution in [0.1, 0.15) is 53.0 Å². The van der Waals surface area contributed by atoms with Gasteiger partial charge in [-0.2, -0.15) is 5.10 Å². The smallest absolute Gasteiger partial charge is 0.262 e. The molecule has 2 aromatic carbocycles. The molecule has 2 aromatic rings. The second-order valence-electron chi connectivity index (χ2n) is 10.1. The zero-order valence-electron chi connectivity index (χ0n) is 21.9. The Kier molecular flexibility index (Phi) is 6.42. The largest absolute Gasteiger partial charge is 0.493 e. The van der Waals surface area contributed by atoms with Crippen molar-refractivity contribution in [3.63, 3.8) is 0 Å². The van der Waals surface area contributed by atoms with Crippen molar-refractivity contribution in [1.29, 1.82) is 0 Å². The number of hydrogen-bond acceptors (Lipinski definition) is 7. The number of hydrazone groups is 1. The van der Waals surface area contributed by atoms with Crippen molar-refractivity contribution in [1.82, 2.24) is 14.8 Å². The number of rotatable bonds is 6. The average Bonchev–Trinajstić information content (AvgIpc) is 3.32. The summed E-state index contributed by atoms with van der Waals surface area (Å²) >= 11 is 0. The number of hydrogen-bond donors (Lipinski definition) is 0. The van der Waals surface area contributed by atoms with Gasteiger partial charge in [0.15, 0.2) is 11.5 Å². The molecule has 10 heteroatoms. The predicted molar refractivity (Wildman–Crippen MR) is 138 cm³/mol. The first-order valence-electron chi connectivity index (χ1n) is 12.6. The second-order valence-corrected chi connectivity index (χ2v) is 10.1. The Morgan fingerprint density at radius 1 is 0.947 bits per heavy atom. The van der Waals surface area contributed by atoms with Gasteiger partial charge in [0.05, 0.1) is 42.5 Å². The lowest BCUT2D eigenvalue weighted by atomic mass is 9.83. The number of amides is 4. The number of ether oxygens (including phenoxy) is 2. The van der Waals surface area contributed by atoms with Crippen LogP contribution in [-0.4, -0.2) is 84.0 Å². The van der Waals surface area contributed by atoms with Gasteiger partial charge in [0.25, 0.3) is 17.7 Å². The molecule has 0 spiro atoms. The number of benzene rings is 2. The summed E-state index contributed by atoms with van der Waals surface area (Å²) in [5.41, 5.74) is 1.23. The number of fused-ring (bicyclic) bond motifs is 1. The summed E-state index contributed by atoms with van der Waals surface area (Å²) in [6, 6.07) is 11.9. The van der Waals surface area contributed by atoms with Gasteiger partial charge in [-0.25, -0.2) is 5.01 Å². The van der Waals surface area contributed by atoms with Gasteiger partial charge in [-0.05, 0) is 57.0 Å². The molecule has 4 amide bonds. The molecule has 198 valence electrons. The fourth-order valence-corrected chi connectivity index (χ4v) is 5.29. The van der Waals surface area contributed by atoms with Gasteiger partial charge in [-0.15, -0.1) is 0 Å². The molecular formula is C28H30N4O6. The quantitative estimate of drug-likeness (QED) is 0.544. The Hall–Kier alpha value is -4.21. The van der Waals surface area contributed by atoms with Gasteiger partial charge in [-0.3, -0.25) is 24.1 Å². The molecule has 3 heterocycles. The fourth-order valence-electron chi connectivity index (χ4n) is 5.29. The third-order valence-electron chi connectivity index (χ3n) is 7.53. The highest BCUT2D eigenvalue weighted by atomic mass is 16.5. The van der Waals surface area contributed by atoms with E-state index in [0.717, 1.165) is 10.5 Å².